The van der Waals surface area contributed by atoms with Crippen LogP contribution in [0.15, 0.2) is 54.7 Å². The van der Waals surface area contributed by atoms with Crippen LogP contribution in [0, 0.1) is 0 Å². The summed E-state index contributed by atoms with van der Waals surface area (Å²) in [6.07, 6.45) is 2.54. The zero-order valence-electron chi connectivity index (χ0n) is 13.7. The third-order valence-electron chi connectivity index (χ3n) is 4.19. The number of benzene rings is 2. The van der Waals surface area contributed by atoms with E-state index in [-0.39, 0.29) is 12.6 Å². The summed E-state index contributed by atoms with van der Waals surface area (Å²) in [7, 11) is 0. The van der Waals surface area contributed by atoms with Gasteiger partial charge in [0.15, 0.2) is 12.6 Å². The molecule has 2 aromatic carbocycles. The second-order valence-electron chi connectivity index (χ2n) is 5.87. The molecule has 0 bridgehead atoms. The highest BCUT2D eigenvalue weighted by Crippen LogP contribution is 2.32. The van der Waals surface area contributed by atoms with Gasteiger partial charge in [-0.05, 0) is 31.0 Å². The first-order chi connectivity index (χ1) is 11.7. The molecule has 0 unspecified atom stereocenters. The Kier molecular flexibility index (Phi) is 3.88. The largest absolute Gasteiger partial charge is 0.320 e. The first-order valence-corrected chi connectivity index (χ1v) is 8.16. The molecule has 3 aromatic rings. The lowest BCUT2D eigenvalue weighted by atomic mass is 10.1. The number of rotatable bonds is 4. The Labute approximate surface area is 140 Å². The smallest absolute Gasteiger partial charge is 0.189 e. The van der Waals surface area contributed by atoms with Gasteiger partial charge in [0, 0.05) is 11.1 Å². The van der Waals surface area contributed by atoms with Crippen molar-refractivity contribution in [3.63, 3.8) is 0 Å². The molecule has 1 aromatic heterocycles. The van der Waals surface area contributed by atoms with Gasteiger partial charge in [0.05, 0.1) is 11.9 Å². The summed E-state index contributed by atoms with van der Waals surface area (Å²) >= 11 is 0. The molecule has 1 fully saturated rings. The Hall–Kier alpha value is -2.50. The Bertz CT molecular complexity index is 836. The van der Waals surface area contributed by atoms with Gasteiger partial charge in [-0.15, -0.1) is 5.10 Å². The maximum atomic E-state index is 5.54. The molecule has 0 N–H and O–H groups in total. The third kappa shape index (κ3) is 2.84. The number of ether oxygens (including phenoxy) is 2. The van der Waals surface area contributed by atoms with Gasteiger partial charge >= 0.3 is 0 Å². The Morgan fingerprint density at radius 1 is 1.08 bits per heavy atom. The molecular formula is C19H19N3O2. The zero-order valence-corrected chi connectivity index (χ0v) is 13.7. The molecule has 0 amide bonds. The number of aryl methyl sites for hydroxylation is 1. The van der Waals surface area contributed by atoms with Gasteiger partial charge in [0.25, 0.3) is 0 Å². The van der Waals surface area contributed by atoms with E-state index in [0.29, 0.717) is 0 Å². The van der Waals surface area contributed by atoms with Crippen molar-refractivity contribution in [2.24, 2.45) is 0 Å². The molecule has 0 spiro atoms. The molecule has 2 heterocycles. The monoisotopic (exact) mass is 321 g/mol. The molecule has 0 radical (unpaired) electrons. The molecule has 24 heavy (non-hydrogen) atoms. The van der Waals surface area contributed by atoms with E-state index >= 15 is 0 Å². The number of hydrogen-bond acceptors (Lipinski definition) is 4. The van der Waals surface area contributed by atoms with Crippen LogP contribution in [0.4, 0.5) is 0 Å². The van der Waals surface area contributed by atoms with E-state index in [2.05, 4.69) is 41.5 Å². The highest BCUT2D eigenvalue weighted by Gasteiger charge is 2.28. The molecule has 4 rings (SSSR count). The van der Waals surface area contributed by atoms with Gasteiger partial charge in [0.2, 0.25) is 0 Å². The van der Waals surface area contributed by atoms with E-state index in [1.807, 2.05) is 37.4 Å². The van der Waals surface area contributed by atoms with E-state index in [1.165, 1.54) is 5.56 Å². The minimum Gasteiger partial charge on any atom is -0.320 e. The Balaban J connectivity index is 1.59. The summed E-state index contributed by atoms with van der Waals surface area (Å²) in [6.45, 7) is 4.03. The zero-order chi connectivity index (χ0) is 16.5. The summed E-state index contributed by atoms with van der Waals surface area (Å²) in [5.74, 6) is 0. The van der Waals surface area contributed by atoms with Crippen molar-refractivity contribution in [2.45, 2.75) is 32.8 Å². The lowest BCUT2D eigenvalue weighted by Crippen LogP contribution is -2.31. The van der Waals surface area contributed by atoms with Gasteiger partial charge < -0.3 is 9.47 Å². The van der Waals surface area contributed by atoms with Crippen LogP contribution in [0.1, 0.15) is 31.3 Å². The molecule has 1 aliphatic heterocycles. The van der Waals surface area contributed by atoms with Gasteiger partial charge in [-0.25, -0.2) is 4.68 Å². The Morgan fingerprint density at radius 3 is 2.58 bits per heavy atom. The van der Waals surface area contributed by atoms with Crippen molar-refractivity contribution in [3.8, 4) is 16.9 Å². The highest BCUT2D eigenvalue weighted by molar-refractivity contribution is 5.58. The first kappa shape index (κ1) is 15.1. The maximum absolute atomic E-state index is 5.54. The van der Waals surface area contributed by atoms with E-state index < -0.39 is 0 Å². The summed E-state index contributed by atoms with van der Waals surface area (Å²) in [4.78, 5) is 0. The summed E-state index contributed by atoms with van der Waals surface area (Å²) in [5, 5.41) is 8.54. The van der Waals surface area contributed by atoms with Gasteiger partial charge in [-0.1, -0.05) is 48.5 Å². The average Bonchev–Trinajstić information content (AvgIpc) is 3.09. The standard InChI is InChI=1S/C19H19N3O2/c1-3-14-7-9-15(10-8-14)18-12-22(21-20-18)17-6-4-5-16(11-17)19-23-13(2)24-19/h4-13,19H,3H2,1-2H3. The molecule has 0 atom stereocenters. The van der Waals surface area contributed by atoms with E-state index in [1.54, 1.807) is 4.68 Å². The van der Waals surface area contributed by atoms with Gasteiger partial charge in [-0.2, -0.15) is 0 Å². The lowest BCUT2D eigenvalue weighted by Gasteiger charge is -2.34. The molecular weight excluding hydrogens is 302 g/mol. The molecule has 1 aliphatic rings. The maximum Gasteiger partial charge on any atom is 0.189 e. The number of nitrogens with zero attached hydrogens (tertiary/aromatic N) is 3. The van der Waals surface area contributed by atoms with Crippen LogP contribution in [0.5, 0.6) is 0 Å². The normalized spacial score (nSPS) is 19.9. The van der Waals surface area contributed by atoms with Crippen LogP contribution in [0.25, 0.3) is 16.9 Å². The fourth-order valence-corrected chi connectivity index (χ4v) is 2.76. The van der Waals surface area contributed by atoms with Crippen LogP contribution in [-0.4, -0.2) is 21.3 Å². The van der Waals surface area contributed by atoms with E-state index in [0.717, 1.165) is 28.9 Å². The molecule has 5 heteroatoms. The van der Waals surface area contributed by atoms with Crippen LogP contribution in [0.3, 0.4) is 0 Å². The predicted octanol–water partition coefficient (Wildman–Crippen LogP) is 3.89. The SMILES string of the molecule is CCc1ccc(-c2cn(-c3cccc(C4OC(C)O4)c3)nn2)cc1. The highest BCUT2D eigenvalue weighted by atomic mass is 16.9. The third-order valence-corrected chi connectivity index (χ3v) is 4.19. The minimum atomic E-state index is -0.287. The van der Waals surface area contributed by atoms with E-state index in [9.17, 15) is 0 Å². The molecule has 122 valence electrons. The van der Waals surface area contributed by atoms with Crippen LogP contribution in [0.2, 0.25) is 0 Å². The summed E-state index contributed by atoms with van der Waals surface area (Å²) in [6, 6.07) is 16.4. The average molecular weight is 321 g/mol. The van der Waals surface area contributed by atoms with Gasteiger partial charge in [-0.3, -0.25) is 0 Å². The van der Waals surface area contributed by atoms with Crippen molar-refractivity contribution < 1.29 is 9.47 Å². The fraction of sp³-hybridized carbons (Fsp3) is 0.263. The predicted molar refractivity (Wildman–Crippen MR) is 90.5 cm³/mol. The van der Waals surface area contributed by atoms with Crippen molar-refractivity contribution >= 4 is 0 Å². The van der Waals surface area contributed by atoms with Crippen LogP contribution in [-0.2, 0) is 15.9 Å². The summed E-state index contributed by atoms with van der Waals surface area (Å²) in [5.41, 5.74) is 5.15. The molecule has 0 aliphatic carbocycles. The lowest BCUT2D eigenvalue weighted by molar-refractivity contribution is -0.382. The second kappa shape index (κ2) is 6.19. The quantitative estimate of drug-likeness (QED) is 0.731. The van der Waals surface area contributed by atoms with Crippen molar-refractivity contribution in [1.82, 2.24) is 15.0 Å². The van der Waals surface area contributed by atoms with E-state index in [4.69, 9.17) is 9.47 Å². The molecule has 5 nitrogen and oxygen atoms in total. The van der Waals surface area contributed by atoms with Crippen molar-refractivity contribution in [3.05, 3.63) is 65.9 Å². The summed E-state index contributed by atoms with van der Waals surface area (Å²) < 4.78 is 12.9. The Morgan fingerprint density at radius 2 is 1.88 bits per heavy atom. The number of aromatic nitrogens is 3. The second-order valence-corrected chi connectivity index (χ2v) is 5.87. The van der Waals surface area contributed by atoms with Crippen LogP contribution < -0.4 is 0 Å². The minimum absolute atomic E-state index is 0.136. The topological polar surface area (TPSA) is 49.2 Å². The number of hydrogen-bond donors (Lipinski definition) is 0. The molecule has 0 saturated carbocycles. The van der Waals surface area contributed by atoms with Crippen molar-refractivity contribution in [2.75, 3.05) is 0 Å². The molecule has 1 saturated heterocycles. The first-order valence-electron chi connectivity index (χ1n) is 8.16. The fourth-order valence-electron chi connectivity index (χ4n) is 2.76. The van der Waals surface area contributed by atoms with Gasteiger partial charge in [0.1, 0.15) is 5.69 Å². The van der Waals surface area contributed by atoms with Crippen LogP contribution >= 0.6 is 0 Å². The van der Waals surface area contributed by atoms with Crippen molar-refractivity contribution in [1.29, 1.82) is 0 Å².